The first-order valence-electron chi connectivity index (χ1n) is 6.67. The summed E-state index contributed by atoms with van der Waals surface area (Å²) in [6.45, 7) is 10.9. The maximum Gasteiger partial charge on any atom is 0.234 e. The van der Waals surface area contributed by atoms with Gasteiger partial charge in [0.1, 0.15) is 0 Å². The first-order chi connectivity index (χ1) is 7.97. The van der Waals surface area contributed by atoms with E-state index < -0.39 is 0 Å². The quantitative estimate of drug-likeness (QED) is 0.599. The second-order valence-electron chi connectivity index (χ2n) is 4.98. The third-order valence-corrected chi connectivity index (χ3v) is 3.05. The standard InChI is InChI=1S/C13H29N3O/c1-6-12(4)15-13(17)10-14-8-7-9-16(5)11(2)3/h11-12,14H,6-10H2,1-5H3,(H,15,17). The first kappa shape index (κ1) is 16.4. The van der Waals surface area contributed by atoms with Crippen LogP contribution < -0.4 is 10.6 Å². The molecule has 0 saturated carbocycles. The van der Waals surface area contributed by atoms with Crippen LogP contribution >= 0.6 is 0 Å². The summed E-state index contributed by atoms with van der Waals surface area (Å²) in [4.78, 5) is 13.7. The predicted octanol–water partition coefficient (Wildman–Crippen LogP) is 1.22. The molecule has 0 spiro atoms. The van der Waals surface area contributed by atoms with E-state index in [1.165, 1.54) is 0 Å². The van der Waals surface area contributed by atoms with Gasteiger partial charge < -0.3 is 15.5 Å². The molecular formula is C13H29N3O. The number of carbonyl (C=O) groups excluding carboxylic acids is 1. The average Bonchev–Trinajstić information content (AvgIpc) is 2.27. The number of nitrogens with one attached hydrogen (secondary N) is 2. The van der Waals surface area contributed by atoms with Gasteiger partial charge in [0.2, 0.25) is 5.91 Å². The van der Waals surface area contributed by atoms with Crippen molar-refractivity contribution in [3.8, 4) is 0 Å². The minimum atomic E-state index is 0.0940. The van der Waals surface area contributed by atoms with Crippen molar-refractivity contribution in [2.75, 3.05) is 26.7 Å². The molecule has 0 saturated heterocycles. The second kappa shape index (κ2) is 9.42. The Morgan fingerprint density at radius 1 is 1.29 bits per heavy atom. The van der Waals surface area contributed by atoms with E-state index in [4.69, 9.17) is 0 Å². The van der Waals surface area contributed by atoms with Gasteiger partial charge in [-0.05, 0) is 53.8 Å². The third kappa shape index (κ3) is 9.12. The Balaban J connectivity index is 3.42. The monoisotopic (exact) mass is 243 g/mol. The second-order valence-corrected chi connectivity index (χ2v) is 4.98. The minimum Gasteiger partial charge on any atom is -0.353 e. The highest BCUT2D eigenvalue weighted by Gasteiger charge is 2.05. The van der Waals surface area contributed by atoms with Gasteiger partial charge in [0.25, 0.3) is 0 Å². The molecule has 0 aromatic rings. The van der Waals surface area contributed by atoms with Gasteiger partial charge in [-0.1, -0.05) is 6.92 Å². The maximum absolute atomic E-state index is 11.4. The summed E-state index contributed by atoms with van der Waals surface area (Å²) in [5.41, 5.74) is 0. The zero-order valence-corrected chi connectivity index (χ0v) is 12.0. The molecular weight excluding hydrogens is 214 g/mol. The van der Waals surface area contributed by atoms with Gasteiger partial charge >= 0.3 is 0 Å². The van der Waals surface area contributed by atoms with E-state index in [1.807, 2.05) is 6.92 Å². The zero-order chi connectivity index (χ0) is 13.3. The molecule has 102 valence electrons. The maximum atomic E-state index is 11.4. The van der Waals surface area contributed by atoms with Crippen molar-refractivity contribution in [3.63, 3.8) is 0 Å². The fraction of sp³-hybridized carbons (Fsp3) is 0.923. The molecule has 17 heavy (non-hydrogen) atoms. The number of rotatable bonds is 9. The van der Waals surface area contributed by atoms with Crippen molar-refractivity contribution in [2.24, 2.45) is 0 Å². The fourth-order valence-corrected chi connectivity index (χ4v) is 1.34. The highest BCUT2D eigenvalue weighted by molar-refractivity contribution is 5.78. The highest BCUT2D eigenvalue weighted by Crippen LogP contribution is 1.94. The van der Waals surface area contributed by atoms with Crippen LogP contribution in [-0.4, -0.2) is 49.6 Å². The number of nitrogens with zero attached hydrogens (tertiary/aromatic N) is 1. The van der Waals surface area contributed by atoms with Gasteiger partial charge in [-0.2, -0.15) is 0 Å². The van der Waals surface area contributed by atoms with Gasteiger partial charge in [-0.3, -0.25) is 4.79 Å². The molecule has 0 aliphatic rings. The minimum absolute atomic E-state index is 0.0940. The van der Waals surface area contributed by atoms with Crippen molar-refractivity contribution in [1.29, 1.82) is 0 Å². The van der Waals surface area contributed by atoms with Crippen molar-refractivity contribution < 1.29 is 4.79 Å². The topological polar surface area (TPSA) is 44.4 Å². The van der Waals surface area contributed by atoms with Gasteiger partial charge in [0.05, 0.1) is 6.54 Å². The molecule has 0 heterocycles. The number of hydrogen-bond donors (Lipinski definition) is 2. The Labute approximate surface area is 106 Å². The highest BCUT2D eigenvalue weighted by atomic mass is 16.1. The molecule has 0 aromatic carbocycles. The van der Waals surface area contributed by atoms with Crippen LogP contribution in [0, 0.1) is 0 Å². The Morgan fingerprint density at radius 3 is 2.47 bits per heavy atom. The van der Waals surface area contributed by atoms with Crippen molar-refractivity contribution >= 4 is 5.91 Å². The number of amides is 1. The van der Waals surface area contributed by atoms with Crippen LogP contribution in [0.4, 0.5) is 0 Å². The van der Waals surface area contributed by atoms with Crippen LogP contribution in [0.3, 0.4) is 0 Å². The Kier molecular flexibility index (Phi) is 9.09. The first-order valence-corrected chi connectivity index (χ1v) is 6.67. The van der Waals surface area contributed by atoms with E-state index in [9.17, 15) is 4.79 Å². The molecule has 0 radical (unpaired) electrons. The summed E-state index contributed by atoms with van der Waals surface area (Å²) in [7, 11) is 2.13. The van der Waals surface area contributed by atoms with Gasteiger partial charge in [-0.15, -0.1) is 0 Å². The molecule has 4 heteroatoms. The smallest absolute Gasteiger partial charge is 0.234 e. The summed E-state index contributed by atoms with van der Waals surface area (Å²) in [6.07, 6.45) is 2.05. The molecule has 0 aliphatic carbocycles. The molecule has 1 amide bonds. The van der Waals surface area contributed by atoms with Crippen LogP contribution in [0.1, 0.15) is 40.5 Å². The molecule has 4 nitrogen and oxygen atoms in total. The summed E-state index contributed by atoms with van der Waals surface area (Å²) in [5, 5.41) is 6.11. The lowest BCUT2D eigenvalue weighted by Crippen LogP contribution is -2.39. The van der Waals surface area contributed by atoms with Gasteiger partial charge in [0.15, 0.2) is 0 Å². The molecule has 0 bridgehead atoms. The van der Waals surface area contributed by atoms with Crippen molar-refractivity contribution in [3.05, 3.63) is 0 Å². The normalized spacial score (nSPS) is 13.1. The molecule has 2 N–H and O–H groups in total. The Hall–Kier alpha value is -0.610. The van der Waals surface area contributed by atoms with Gasteiger partial charge in [0, 0.05) is 12.1 Å². The summed E-state index contributed by atoms with van der Waals surface area (Å²) in [6, 6.07) is 0.861. The van der Waals surface area contributed by atoms with Crippen LogP contribution in [0.5, 0.6) is 0 Å². The lowest BCUT2D eigenvalue weighted by molar-refractivity contribution is -0.120. The van der Waals surface area contributed by atoms with E-state index in [0.717, 1.165) is 25.9 Å². The van der Waals surface area contributed by atoms with E-state index in [0.29, 0.717) is 12.6 Å². The number of carbonyl (C=O) groups is 1. The van der Waals surface area contributed by atoms with E-state index in [2.05, 4.69) is 43.4 Å². The lowest BCUT2D eigenvalue weighted by Gasteiger charge is -2.20. The predicted molar refractivity (Wildman–Crippen MR) is 73.1 cm³/mol. The van der Waals surface area contributed by atoms with Crippen LogP contribution in [0.25, 0.3) is 0 Å². The fourth-order valence-electron chi connectivity index (χ4n) is 1.34. The molecule has 0 rings (SSSR count). The van der Waals surface area contributed by atoms with E-state index >= 15 is 0 Å². The third-order valence-electron chi connectivity index (χ3n) is 3.05. The molecule has 1 unspecified atom stereocenters. The Bertz CT molecular complexity index is 207. The van der Waals surface area contributed by atoms with Gasteiger partial charge in [-0.25, -0.2) is 0 Å². The summed E-state index contributed by atoms with van der Waals surface area (Å²) < 4.78 is 0. The van der Waals surface area contributed by atoms with Crippen LogP contribution in [0.15, 0.2) is 0 Å². The molecule has 1 atom stereocenters. The lowest BCUT2D eigenvalue weighted by atomic mass is 10.2. The molecule has 0 fully saturated rings. The van der Waals surface area contributed by atoms with E-state index in [1.54, 1.807) is 0 Å². The zero-order valence-electron chi connectivity index (χ0n) is 12.0. The summed E-state index contributed by atoms with van der Waals surface area (Å²) >= 11 is 0. The van der Waals surface area contributed by atoms with Crippen molar-refractivity contribution in [1.82, 2.24) is 15.5 Å². The average molecular weight is 243 g/mol. The largest absolute Gasteiger partial charge is 0.353 e. The molecule has 0 aromatic heterocycles. The molecule has 0 aliphatic heterocycles. The summed E-state index contributed by atoms with van der Waals surface area (Å²) in [5.74, 6) is 0.0940. The van der Waals surface area contributed by atoms with Crippen LogP contribution in [-0.2, 0) is 4.79 Å². The Morgan fingerprint density at radius 2 is 1.94 bits per heavy atom. The van der Waals surface area contributed by atoms with Crippen LogP contribution in [0.2, 0.25) is 0 Å². The van der Waals surface area contributed by atoms with E-state index in [-0.39, 0.29) is 11.9 Å². The number of hydrogen-bond acceptors (Lipinski definition) is 3. The van der Waals surface area contributed by atoms with Crippen molar-refractivity contribution in [2.45, 2.75) is 52.6 Å². The SMILES string of the molecule is CCC(C)NC(=O)CNCCCN(C)C(C)C.